The molecule has 0 radical (unpaired) electrons. The maximum Gasteiger partial charge on any atom is 0.136 e. The quantitative estimate of drug-likeness (QED) is 0.869. The van der Waals surface area contributed by atoms with Crippen LogP contribution in [0.25, 0.3) is 0 Å². The monoisotopic (exact) mass is 354 g/mol. The zero-order valence-electron chi connectivity index (χ0n) is 11.2. The summed E-state index contributed by atoms with van der Waals surface area (Å²) in [5.74, 6) is 1.44. The largest absolute Gasteiger partial charge is 0.497 e. The molecule has 2 atom stereocenters. The molecule has 0 amide bonds. The molecule has 0 fully saturated rings. The summed E-state index contributed by atoms with van der Waals surface area (Å²) in [5, 5.41) is 10.3. The molecule has 1 aromatic heterocycles. The Morgan fingerprint density at radius 1 is 1.40 bits per heavy atom. The number of thiophene rings is 1. The third kappa shape index (κ3) is 2.45. The van der Waals surface area contributed by atoms with Crippen LogP contribution in [0.2, 0.25) is 0 Å². The van der Waals surface area contributed by atoms with E-state index in [0.717, 1.165) is 20.7 Å². The number of hydrogen-bond acceptors (Lipinski definition) is 4. The van der Waals surface area contributed by atoms with Crippen LogP contribution >= 0.6 is 27.3 Å². The van der Waals surface area contributed by atoms with Crippen LogP contribution in [0.4, 0.5) is 0 Å². The first-order valence-corrected chi connectivity index (χ1v) is 7.98. The Kier molecular flexibility index (Phi) is 3.75. The SMILES string of the molecule is COc1ccc2c(c1)OC(c1cc(Br)c(C)s1)C[C@H]2O. The van der Waals surface area contributed by atoms with Gasteiger partial charge in [0.15, 0.2) is 0 Å². The van der Waals surface area contributed by atoms with Crippen LogP contribution in [-0.2, 0) is 0 Å². The molecule has 0 saturated carbocycles. The van der Waals surface area contributed by atoms with Crippen molar-refractivity contribution in [1.82, 2.24) is 0 Å². The van der Waals surface area contributed by atoms with E-state index in [9.17, 15) is 5.11 Å². The Balaban J connectivity index is 1.94. The van der Waals surface area contributed by atoms with Gasteiger partial charge in [0.1, 0.15) is 17.6 Å². The van der Waals surface area contributed by atoms with Crippen LogP contribution in [0.15, 0.2) is 28.7 Å². The third-order valence-electron chi connectivity index (χ3n) is 3.48. The average molecular weight is 355 g/mol. The Morgan fingerprint density at radius 2 is 2.20 bits per heavy atom. The van der Waals surface area contributed by atoms with Crippen LogP contribution in [-0.4, -0.2) is 12.2 Å². The second-order valence-corrected chi connectivity index (χ2v) is 6.96. The minimum atomic E-state index is -0.504. The molecule has 0 spiro atoms. The van der Waals surface area contributed by atoms with E-state index in [0.29, 0.717) is 12.2 Å². The van der Waals surface area contributed by atoms with Gasteiger partial charge in [-0.15, -0.1) is 11.3 Å². The lowest BCUT2D eigenvalue weighted by Gasteiger charge is -2.29. The molecule has 1 unspecified atom stereocenters. The van der Waals surface area contributed by atoms with Crippen LogP contribution in [0.5, 0.6) is 11.5 Å². The van der Waals surface area contributed by atoms with Gasteiger partial charge in [0.2, 0.25) is 0 Å². The minimum Gasteiger partial charge on any atom is -0.497 e. The van der Waals surface area contributed by atoms with E-state index in [1.54, 1.807) is 18.4 Å². The molecule has 2 heterocycles. The number of fused-ring (bicyclic) bond motifs is 1. The number of ether oxygens (including phenoxy) is 2. The molecule has 1 N–H and O–H groups in total. The molecule has 0 aliphatic carbocycles. The van der Waals surface area contributed by atoms with Gasteiger partial charge in [0, 0.05) is 32.3 Å². The van der Waals surface area contributed by atoms with E-state index in [2.05, 4.69) is 28.9 Å². The Morgan fingerprint density at radius 3 is 2.85 bits per heavy atom. The summed E-state index contributed by atoms with van der Waals surface area (Å²) in [5.41, 5.74) is 0.828. The first-order valence-electron chi connectivity index (χ1n) is 6.37. The second kappa shape index (κ2) is 5.39. The highest BCUT2D eigenvalue weighted by Crippen LogP contribution is 2.44. The number of hydrogen-bond donors (Lipinski definition) is 1. The predicted molar refractivity (Wildman–Crippen MR) is 82.7 cm³/mol. The molecule has 20 heavy (non-hydrogen) atoms. The van der Waals surface area contributed by atoms with E-state index >= 15 is 0 Å². The van der Waals surface area contributed by atoms with Gasteiger partial charge in [0.05, 0.1) is 13.2 Å². The summed E-state index contributed by atoms with van der Waals surface area (Å²) in [6.45, 7) is 2.06. The highest BCUT2D eigenvalue weighted by atomic mass is 79.9. The van der Waals surface area contributed by atoms with Gasteiger partial charge in [-0.1, -0.05) is 0 Å². The molecule has 1 aliphatic heterocycles. The van der Waals surface area contributed by atoms with Gasteiger partial charge < -0.3 is 14.6 Å². The fraction of sp³-hybridized carbons (Fsp3) is 0.333. The smallest absolute Gasteiger partial charge is 0.136 e. The highest BCUT2D eigenvalue weighted by Gasteiger charge is 2.29. The highest BCUT2D eigenvalue weighted by molar-refractivity contribution is 9.10. The standard InChI is InChI=1S/C15H15BrO3S/c1-8-11(16)6-15(20-8)14-7-12(17)10-4-3-9(18-2)5-13(10)19-14/h3-6,12,14,17H,7H2,1-2H3/t12-,14?/m1/s1. The third-order valence-corrected chi connectivity index (χ3v) is 5.71. The van der Waals surface area contributed by atoms with Crippen LogP contribution in [0.3, 0.4) is 0 Å². The van der Waals surface area contributed by atoms with Crippen molar-refractivity contribution in [2.75, 3.05) is 7.11 Å². The van der Waals surface area contributed by atoms with Gasteiger partial charge in [0.25, 0.3) is 0 Å². The van der Waals surface area contributed by atoms with Crippen LogP contribution < -0.4 is 9.47 Å². The first-order chi connectivity index (χ1) is 9.58. The molecule has 0 saturated heterocycles. The fourth-order valence-corrected chi connectivity index (χ4v) is 3.97. The lowest BCUT2D eigenvalue weighted by Crippen LogP contribution is -2.18. The number of methoxy groups -OCH3 is 1. The average Bonchev–Trinajstić information content (AvgIpc) is 2.78. The summed E-state index contributed by atoms with van der Waals surface area (Å²) in [7, 11) is 1.62. The van der Waals surface area contributed by atoms with Gasteiger partial charge in [-0.2, -0.15) is 0 Å². The predicted octanol–water partition coefficient (Wildman–Crippen LogP) is 4.38. The molecule has 2 aromatic rings. The molecule has 3 rings (SSSR count). The minimum absolute atomic E-state index is 0.111. The van der Waals surface area contributed by atoms with Crippen molar-refractivity contribution in [3.8, 4) is 11.5 Å². The van der Waals surface area contributed by atoms with E-state index < -0.39 is 6.10 Å². The molecule has 1 aliphatic rings. The molecule has 0 bridgehead atoms. The van der Waals surface area contributed by atoms with E-state index in [4.69, 9.17) is 9.47 Å². The first kappa shape index (κ1) is 13.9. The maximum absolute atomic E-state index is 10.3. The van der Waals surface area contributed by atoms with Crippen molar-refractivity contribution < 1.29 is 14.6 Å². The number of benzene rings is 1. The summed E-state index contributed by atoms with van der Waals surface area (Å²) >= 11 is 5.22. The number of rotatable bonds is 2. The summed E-state index contributed by atoms with van der Waals surface area (Å²) in [6, 6.07) is 7.62. The van der Waals surface area contributed by atoms with E-state index in [1.165, 1.54) is 4.88 Å². The van der Waals surface area contributed by atoms with Gasteiger partial charge >= 0.3 is 0 Å². The zero-order valence-corrected chi connectivity index (χ0v) is 13.6. The van der Waals surface area contributed by atoms with Crippen LogP contribution in [0.1, 0.15) is 33.9 Å². The topological polar surface area (TPSA) is 38.7 Å². The van der Waals surface area contributed by atoms with Crippen molar-refractivity contribution in [2.45, 2.75) is 25.6 Å². The molecule has 3 nitrogen and oxygen atoms in total. The van der Waals surface area contributed by atoms with Gasteiger partial charge in [-0.3, -0.25) is 0 Å². The number of halogens is 1. The number of aliphatic hydroxyl groups is 1. The zero-order chi connectivity index (χ0) is 14.3. The van der Waals surface area contributed by atoms with E-state index in [-0.39, 0.29) is 6.10 Å². The normalized spacial score (nSPS) is 21.2. The fourth-order valence-electron chi connectivity index (χ4n) is 2.36. The summed E-state index contributed by atoms with van der Waals surface area (Å²) in [6.07, 6.45) is -0.0402. The molecule has 1 aromatic carbocycles. The Bertz CT molecular complexity index is 619. The van der Waals surface area contributed by atoms with Crippen molar-refractivity contribution in [3.63, 3.8) is 0 Å². The summed E-state index contributed by atoms with van der Waals surface area (Å²) < 4.78 is 12.4. The van der Waals surface area contributed by atoms with E-state index in [1.807, 2.05) is 18.2 Å². The Hall–Kier alpha value is -1.04. The van der Waals surface area contributed by atoms with Crippen molar-refractivity contribution in [2.24, 2.45) is 0 Å². The number of aliphatic hydroxyl groups excluding tert-OH is 1. The van der Waals surface area contributed by atoms with Gasteiger partial charge in [-0.05, 0) is 41.1 Å². The Labute approximate surface area is 130 Å². The van der Waals surface area contributed by atoms with Gasteiger partial charge in [-0.25, -0.2) is 0 Å². The molecular formula is C15H15BrO3S. The molecular weight excluding hydrogens is 340 g/mol. The van der Waals surface area contributed by atoms with Crippen molar-refractivity contribution in [1.29, 1.82) is 0 Å². The lowest BCUT2D eigenvalue weighted by molar-refractivity contribution is 0.0671. The maximum atomic E-state index is 10.3. The second-order valence-electron chi connectivity index (χ2n) is 4.81. The molecule has 106 valence electrons. The summed E-state index contributed by atoms with van der Waals surface area (Å²) in [4.78, 5) is 2.34. The number of aryl methyl sites for hydroxylation is 1. The van der Waals surface area contributed by atoms with Crippen LogP contribution in [0, 0.1) is 6.92 Å². The van der Waals surface area contributed by atoms with Crippen molar-refractivity contribution >= 4 is 27.3 Å². The molecule has 5 heteroatoms. The lowest BCUT2D eigenvalue weighted by atomic mass is 9.98. The van der Waals surface area contributed by atoms with Crippen molar-refractivity contribution in [3.05, 3.63) is 44.1 Å².